The molecular formula is C18H29NO2. The highest BCUT2D eigenvalue weighted by Gasteiger charge is 2.23. The third-order valence-corrected chi connectivity index (χ3v) is 4.76. The van der Waals surface area contributed by atoms with Gasteiger partial charge in [0.05, 0.1) is 7.11 Å². The Kier molecular flexibility index (Phi) is 4.82. The molecule has 0 saturated carbocycles. The van der Waals surface area contributed by atoms with Gasteiger partial charge in [-0.3, -0.25) is 0 Å². The standard InChI is InChI=1S/C18H29NO2/c1-12(2)18(4,5)11-19-10-15-9-17-14(7-13(3)21-17)8-16(15)20-6/h8-9,12-13,19H,7,10-11H2,1-6H3. The third kappa shape index (κ3) is 3.70. The lowest BCUT2D eigenvalue weighted by Gasteiger charge is -2.29. The van der Waals surface area contributed by atoms with E-state index in [1.54, 1.807) is 7.11 Å². The fourth-order valence-corrected chi connectivity index (χ4v) is 2.53. The molecular weight excluding hydrogens is 262 g/mol. The van der Waals surface area contributed by atoms with Gasteiger partial charge in [-0.15, -0.1) is 0 Å². The van der Waals surface area contributed by atoms with Gasteiger partial charge in [0, 0.05) is 30.6 Å². The van der Waals surface area contributed by atoms with E-state index in [0.717, 1.165) is 31.0 Å². The minimum absolute atomic E-state index is 0.271. The molecule has 1 heterocycles. The second kappa shape index (κ2) is 6.27. The number of ether oxygens (including phenoxy) is 2. The smallest absolute Gasteiger partial charge is 0.123 e. The van der Waals surface area contributed by atoms with Crippen molar-refractivity contribution in [2.45, 2.75) is 53.7 Å². The van der Waals surface area contributed by atoms with Crippen LogP contribution in [0.25, 0.3) is 0 Å². The van der Waals surface area contributed by atoms with Crippen LogP contribution in [0.2, 0.25) is 0 Å². The number of fused-ring (bicyclic) bond motifs is 1. The molecule has 21 heavy (non-hydrogen) atoms. The van der Waals surface area contributed by atoms with E-state index in [-0.39, 0.29) is 11.5 Å². The Morgan fingerprint density at radius 2 is 2.10 bits per heavy atom. The molecule has 0 aromatic heterocycles. The van der Waals surface area contributed by atoms with E-state index in [0.29, 0.717) is 5.92 Å². The molecule has 0 radical (unpaired) electrons. The number of rotatable bonds is 6. The van der Waals surface area contributed by atoms with Gasteiger partial charge in [-0.1, -0.05) is 27.7 Å². The second-order valence-corrected chi connectivity index (χ2v) is 7.15. The summed E-state index contributed by atoms with van der Waals surface area (Å²) in [5.41, 5.74) is 2.71. The van der Waals surface area contributed by atoms with Gasteiger partial charge in [0.2, 0.25) is 0 Å². The first-order valence-electron chi connectivity index (χ1n) is 7.90. The average molecular weight is 291 g/mol. The Morgan fingerprint density at radius 3 is 2.71 bits per heavy atom. The predicted molar refractivity (Wildman–Crippen MR) is 87.1 cm³/mol. The zero-order valence-corrected chi connectivity index (χ0v) is 14.2. The van der Waals surface area contributed by atoms with Crippen molar-refractivity contribution in [3.63, 3.8) is 0 Å². The van der Waals surface area contributed by atoms with Crippen molar-refractivity contribution < 1.29 is 9.47 Å². The van der Waals surface area contributed by atoms with E-state index in [2.05, 4.69) is 52.1 Å². The Labute approximate surface area is 129 Å². The largest absolute Gasteiger partial charge is 0.496 e. The summed E-state index contributed by atoms with van der Waals surface area (Å²) in [5, 5.41) is 3.56. The number of hydrogen-bond donors (Lipinski definition) is 1. The SMILES string of the molecule is COc1cc2c(cc1CNCC(C)(C)C(C)C)OC(C)C2. The van der Waals surface area contributed by atoms with Crippen LogP contribution < -0.4 is 14.8 Å². The topological polar surface area (TPSA) is 30.5 Å². The van der Waals surface area contributed by atoms with Gasteiger partial charge in [0.15, 0.2) is 0 Å². The van der Waals surface area contributed by atoms with Crippen molar-refractivity contribution in [3.05, 3.63) is 23.3 Å². The number of methoxy groups -OCH3 is 1. The lowest BCUT2D eigenvalue weighted by Crippen LogP contribution is -2.33. The maximum atomic E-state index is 5.85. The Hall–Kier alpha value is -1.22. The molecule has 0 aliphatic carbocycles. The molecule has 1 aromatic rings. The number of hydrogen-bond acceptors (Lipinski definition) is 3. The summed E-state index contributed by atoms with van der Waals surface area (Å²) in [4.78, 5) is 0. The lowest BCUT2D eigenvalue weighted by molar-refractivity contribution is 0.237. The van der Waals surface area contributed by atoms with Crippen molar-refractivity contribution in [2.24, 2.45) is 11.3 Å². The van der Waals surface area contributed by atoms with Gasteiger partial charge < -0.3 is 14.8 Å². The molecule has 1 aliphatic rings. The molecule has 3 heteroatoms. The molecule has 1 aromatic carbocycles. The first-order chi connectivity index (χ1) is 9.83. The molecule has 1 N–H and O–H groups in total. The van der Waals surface area contributed by atoms with Crippen LogP contribution >= 0.6 is 0 Å². The molecule has 2 rings (SSSR count). The monoisotopic (exact) mass is 291 g/mol. The summed E-state index contributed by atoms with van der Waals surface area (Å²) in [6, 6.07) is 4.26. The van der Waals surface area contributed by atoms with Gasteiger partial charge in [-0.2, -0.15) is 0 Å². The van der Waals surface area contributed by atoms with Crippen LogP contribution in [0.5, 0.6) is 11.5 Å². The van der Waals surface area contributed by atoms with E-state index in [1.807, 2.05) is 0 Å². The third-order valence-electron chi connectivity index (χ3n) is 4.76. The molecule has 3 nitrogen and oxygen atoms in total. The highest BCUT2D eigenvalue weighted by atomic mass is 16.5. The van der Waals surface area contributed by atoms with E-state index in [4.69, 9.17) is 9.47 Å². The van der Waals surface area contributed by atoms with Gasteiger partial charge >= 0.3 is 0 Å². The quantitative estimate of drug-likeness (QED) is 0.865. The maximum absolute atomic E-state index is 5.85. The highest BCUT2D eigenvalue weighted by molar-refractivity contribution is 5.48. The van der Waals surface area contributed by atoms with Crippen LogP contribution in [-0.4, -0.2) is 19.8 Å². The molecule has 118 valence electrons. The molecule has 1 atom stereocenters. The fourth-order valence-electron chi connectivity index (χ4n) is 2.53. The zero-order valence-electron chi connectivity index (χ0n) is 14.2. The number of benzene rings is 1. The Bertz CT molecular complexity index is 494. The van der Waals surface area contributed by atoms with Gasteiger partial charge in [0.25, 0.3) is 0 Å². The minimum Gasteiger partial charge on any atom is -0.496 e. The first-order valence-corrected chi connectivity index (χ1v) is 7.90. The van der Waals surface area contributed by atoms with E-state index >= 15 is 0 Å². The van der Waals surface area contributed by atoms with E-state index in [1.165, 1.54) is 11.1 Å². The number of nitrogens with one attached hydrogen (secondary N) is 1. The summed E-state index contributed by atoms with van der Waals surface area (Å²) in [5.74, 6) is 2.63. The Balaban J connectivity index is 2.05. The molecule has 1 unspecified atom stereocenters. The molecule has 0 bridgehead atoms. The lowest BCUT2D eigenvalue weighted by atomic mass is 9.81. The van der Waals surface area contributed by atoms with Crippen LogP contribution in [0, 0.1) is 11.3 Å². The second-order valence-electron chi connectivity index (χ2n) is 7.15. The fraction of sp³-hybridized carbons (Fsp3) is 0.667. The maximum Gasteiger partial charge on any atom is 0.123 e. The Morgan fingerprint density at radius 1 is 1.38 bits per heavy atom. The van der Waals surface area contributed by atoms with Gasteiger partial charge in [0.1, 0.15) is 17.6 Å². The van der Waals surface area contributed by atoms with Crippen molar-refractivity contribution in [2.75, 3.05) is 13.7 Å². The van der Waals surface area contributed by atoms with Crippen molar-refractivity contribution in [1.82, 2.24) is 5.32 Å². The zero-order chi connectivity index (χ0) is 15.6. The summed E-state index contributed by atoms with van der Waals surface area (Å²) in [6.07, 6.45) is 1.24. The van der Waals surface area contributed by atoms with Crippen LogP contribution in [0.1, 0.15) is 45.7 Å². The van der Waals surface area contributed by atoms with Gasteiger partial charge in [-0.25, -0.2) is 0 Å². The molecule has 1 aliphatic heterocycles. The first kappa shape index (κ1) is 16.2. The van der Waals surface area contributed by atoms with E-state index in [9.17, 15) is 0 Å². The van der Waals surface area contributed by atoms with E-state index < -0.39 is 0 Å². The normalized spacial score (nSPS) is 17.8. The summed E-state index contributed by atoms with van der Waals surface area (Å²) < 4.78 is 11.4. The van der Waals surface area contributed by atoms with Crippen molar-refractivity contribution in [1.29, 1.82) is 0 Å². The van der Waals surface area contributed by atoms with Crippen molar-refractivity contribution in [3.8, 4) is 11.5 Å². The molecule has 0 saturated heterocycles. The summed E-state index contributed by atoms with van der Waals surface area (Å²) in [6.45, 7) is 13.0. The molecule has 0 fully saturated rings. The van der Waals surface area contributed by atoms with Crippen LogP contribution in [0.3, 0.4) is 0 Å². The molecule has 0 amide bonds. The highest BCUT2D eigenvalue weighted by Crippen LogP contribution is 2.35. The minimum atomic E-state index is 0.271. The van der Waals surface area contributed by atoms with Crippen molar-refractivity contribution >= 4 is 0 Å². The van der Waals surface area contributed by atoms with Crippen LogP contribution in [-0.2, 0) is 13.0 Å². The molecule has 0 spiro atoms. The summed E-state index contributed by atoms with van der Waals surface area (Å²) >= 11 is 0. The van der Waals surface area contributed by atoms with Gasteiger partial charge in [-0.05, 0) is 30.4 Å². The van der Waals surface area contributed by atoms with Crippen LogP contribution in [0.4, 0.5) is 0 Å². The summed E-state index contributed by atoms with van der Waals surface area (Å²) in [7, 11) is 1.74. The average Bonchev–Trinajstić information content (AvgIpc) is 2.76. The van der Waals surface area contributed by atoms with Crippen LogP contribution in [0.15, 0.2) is 12.1 Å². The predicted octanol–water partition coefficient (Wildman–Crippen LogP) is 3.79.